The zero-order valence-electron chi connectivity index (χ0n) is 9.59. The molecule has 1 atom stereocenters. The van der Waals surface area contributed by atoms with Gasteiger partial charge in [-0.1, -0.05) is 19.1 Å². The number of benzene rings is 1. The number of carbonyl (C=O) groups is 1. The Morgan fingerprint density at radius 3 is 2.81 bits per heavy atom. The Labute approximate surface area is 105 Å². The van der Waals surface area contributed by atoms with E-state index in [9.17, 15) is 4.79 Å². The van der Waals surface area contributed by atoms with Crippen LogP contribution < -0.4 is 11.1 Å². The van der Waals surface area contributed by atoms with E-state index < -0.39 is 0 Å². The number of nitrogens with one attached hydrogen (secondary N) is 1. The summed E-state index contributed by atoms with van der Waals surface area (Å²) in [7, 11) is 0. The van der Waals surface area contributed by atoms with Crippen LogP contribution in [0.5, 0.6) is 0 Å². The summed E-state index contributed by atoms with van der Waals surface area (Å²) in [6.07, 6.45) is 0.756. The lowest BCUT2D eigenvalue weighted by molar-refractivity contribution is -0.119. The maximum Gasteiger partial charge on any atom is 0.228 e. The predicted octanol–water partition coefficient (Wildman–Crippen LogP) is 2.68. The van der Waals surface area contributed by atoms with Crippen molar-refractivity contribution in [3.63, 3.8) is 0 Å². The minimum absolute atomic E-state index is 0.0173. The summed E-state index contributed by atoms with van der Waals surface area (Å²) < 4.78 is 0.926. The molecule has 0 aliphatic heterocycles. The Hall–Kier alpha value is -0.870. The molecular formula is C12H17BrN2O. The summed E-state index contributed by atoms with van der Waals surface area (Å²) >= 11 is 3.46. The zero-order valence-corrected chi connectivity index (χ0v) is 11.2. The minimum atomic E-state index is -0.118. The van der Waals surface area contributed by atoms with Gasteiger partial charge in [0.2, 0.25) is 5.91 Å². The zero-order chi connectivity index (χ0) is 12.1. The number of anilines is 1. The third-order valence-electron chi connectivity index (χ3n) is 2.60. The van der Waals surface area contributed by atoms with Gasteiger partial charge in [-0.3, -0.25) is 4.79 Å². The third-order valence-corrected chi connectivity index (χ3v) is 3.65. The van der Waals surface area contributed by atoms with Crippen molar-refractivity contribution in [1.29, 1.82) is 0 Å². The van der Waals surface area contributed by atoms with Crippen molar-refractivity contribution in [3.05, 3.63) is 28.2 Å². The molecule has 16 heavy (non-hydrogen) atoms. The fourth-order valence-electron chi connectivity index (χ4n) is 1.44. The molecule has 0 fully saturated rings. The molecule has 1 aromatic carbocycles. The first kappa shape index (κ1) is 13.2. The van der Waals surface area contributed by atoms with E-state index in [1.165, 1.54) is 0 Å². The van der Waals surface area contributed by atoms with E-state index in [-0.39, 0.29) is 11.8 Å². The second-order valence-corrected chi connectivity index (χ2v) is 4.56. The van der Waals surface area contributed by atoms with Crippen molar-refractivity contribution in [1.82, 2.24) is 0 Å². The Morgan fingerprint density at radius 2 is 2.25 bits per heavy atom. The Kier molecular flexibility index (Phi) is 4.96. The monoisotopic (exact) mass is 284 g/mol. The molecule has 1 amide bonds. The van der Waals surface area contributed by atoms with E-state index in [0.29, 0.717) is 6.54 Å². The summed E-state index contributed by atoms with van der Waals surface area (Å²) in [5, 5.41) is 2.89. The van der Waals surface area contributed by atoms with E-state index in [1.807, 2.05) is 32.0 Å². The molecule has 0 saturated heterocycles. The Bertz CT molecular complexity index is 375. The molecule has 1 rings (SSSR count). The largest absolute Gasteiger partial charge is 0.330 e. The first-order valence-corrected chi connectivity index (χ1v) is 6.15. The van der Waals surface area contributed by atoms with Gasteiger partial charge >= 0.3 is 0 Å². The highest BCUT2D eigenvalue weighted by Crippen LogP contribution is 2.26. The number of aryl methyl sites for hydroxylation is 1. The van der Waals surface area contributed by atoms with Crippen LogP contribution >= 0.6 is 15.9 Å². The molecule has 88 valence electrons. The number of amides is 1. The molecule has 3 N–H and O–H groups in total. The van der Waals surface area contributed by atoms with Gasteiger partial charge in [-0.25, -0.2) is 0 Å². The molecule has 4 heteroatoms. The van der Waals surface area contributed by atoms with Crippen LogP contribution in [0.4, 0.5) is 5.69 Å². The topological polar surface area (TPSA) is 55.1 Å². The number of halogens is 1. The maximum atomic E-state index is 11.8. The van der Waals surface area contributed by atoms with E-state index >= 15 is 0 Å². The molecule has 0 radical (unpaired) electrons. The van der Waals surface area contributed by atoms with E-state index in [0.717, 1.165) is 22.1 Å². The summed E-state index contributed by atoms with van der Waals surface area (Å²) in [4.78, 5) is 11.8. The molecule has 0 aliphatic carbocycles. The van der Waals surface area contributed by atoms with E-state index in [2.05, 4.69) is 21.2 Å². The van der Waals surface area contributed by atoms with Gasteiger partial charge in [-0.15, -0.1) is 0 Å². The summed E-state index contributed by atoms with van der Waals surface area (Å²) in [5.74, 6) is -0.135. The standard InChI is InChI=1S/C12H17BrN2O/c1-3-9(7-14)12(16)15-10-6-4-5-8(2)11(10)13/h4-6,9H,3,7,14H2,1-2H3,(H,15,16). The van der Waals surface area contributed by atoms with Crippen molar-refractivity contribution >= 4 is 27.5 Å². The van der Waals surface area contributed by atoms with Gasteiger partial charge in [0.25, 0.3) is 0 Å². The molecule has 0 spiro atoms. The SMILES string of the molecule is CCC(CN)C(=O)Nc1cccc(C)c1Br. The normalized spacial score (nSPS) is 12.2. The highest BCUT2D eigenvalue weighted by Gasteiger charge is 2.15. The lowest BCUT2D eigenvalue weighted by Gasteiger charge is -2.14. The number of nitrogens with two attached hydrogens (primary N) is 1. The van der Waals surface area contributed by atoms with Crippen molar-refractivity contribution in [2.75, 3.05) is 11.9 Å². The average molecular weight is 285 g/mol. The van der Waals surface area contributed by atoms with Gasteiger partial charge in [0, 0.05) is 11.0 Å². The number of rotatable bonds is 4. The van der Waals surface area contributed by atoms with Gasteiger partial charge < -0.3 is 11.1 Å². The average Bonchev–Trinajstić information content (AvgIpc) is 2.26. The highest BCUT2D eigenvalue weighted by atomic mass is 79.9. The molecular weight excluding hydrogens is 268 g/mol. The van der Waals surface area contributed by atoms with E-state index in [1.54, 1.807) is 0 Å². The molecule has 0 heterocycles. The van der Waals surface area contributed by atoms with Gasteiger partial charge in [-0.2, -0.15) is 0 Å². The van der Waals surface area contributed by atoms with Crippen LogP contribution in [0.2, 0.25) is 0 Å². The van der Waals surface area contributed by atoms with Crippen molar-refractivity contribution in [2.24, 2.45) is 11.7 Å². The van der Waals surface area contributed by atoms with Gasteiger partial charge in [-0.05, 0) is 40.9 Å². The summed E-state index contributed by atoms with van der Waals surface area (Å²) in [6, 6.07) is 5.78. The van der Waals surface area contributed by atoms with Crippen LogP contribution in [0.15, 0.2) is 22.7 Å². The van der Waals surface area contributed by atoms with Crippen LogP contribution in [0.1, 0.15) is 18.9 Å². The molecule has 0 bridgehead atoms. The second-order valence-electron chi connectivity index (χ2n) is 3.77. The number of hydrogen-bond donors (Lipinski definition) is 2. The van der Waals surface area contributed by atoms with Crippen molar-refractivity contribution in [2.45, 2.75) is 20.3 Å². The number of hydrogen-bond acceptors (Lipinski definition) is 2. The third kappa shape index (κ3) is 3.06. The van der Waals surface area contributed by atoms with Gasteiger partial charge in [0.15, 0.2) is 0 Å². The van der Waals surface area contributed by atoms with E-state index in [4.69, 9.17) is 5.73 Å². The fourth-order valence-corrected chi connectivity index (χ4v) is 1.80. The van der Waals surface area contributed by atoms with Crippen LogP contribution in [-0.4, -0.2) is 12.5 Å². The van der Waals surface area contributed by atoms with Crippen molar-refractivity contribution < 1.29 is 4.79 Å². The highest BCUT2D eigenvalue weighted by molar-refractivity contribution is 9.10. The van der Waals surface area contributed by atoms with Crippen LogP contribution in [0.25, 0.3) is 0 Å². The lowest BCUT2D eigenvalue weighted by Crippen LogP contribution is -2.28. The van der Waals surface area contributed by atoms with Gasteiger partial charge in [0.05, 0.1) is 11.6 Å². The summed E-state index contributed by atoms with van der Waals surface area (Å²) in [5.41, 5.74) is 7.43. The number of carbonyl (C=O) groups excluding carboxylic acids is 1. The van der Waals surface area contributed by atoms with Crippen LogP contribution in [0, 0.1) is 12.8 Å². The first-order valence-electron chi connectivity index (χ1n) is 5.36. The Morgan fingerprint density at radius 1 is 1.56 bits per heavy atom. The molecule has 1 aromatic rings. The van der Waals surface area contributed by atoms with Crippen molar-refractivity contribution in [3.8, 4) is 0 Å². The lowest BCUT2D eigenvalue weighted by atomic mass is 10.1. The van der Waals surface area contributed by atoms with Crippen LogP contribution in [-0.2, 0) is 4.79 Å². The fraction of sp³-hybridized carbons (Fsp3) is 0.417. The molecule has 0 saturated carbocycles. The molecule has 3 nitrogen and oxygen atoms in total. The van der Waals surface area contributed by atoms with Crippen LogP contribution in [0.3, 0.4) is 0 Å². The molecule has 0 aliphatic rings. The predicted molar refractivity (Wildman–Crippen MR) is 70.3 cm³/mol. The smallest absolute Gasteiger partial charge is 0.228 e. The first-order chi connectivity index (χ1) is 7.60. The summed E-state index contributed by atoms with van der Waals surface area (Å²) in [6.45, 7) is 4.33. The minimum Gasteiger partial charge on any atom is -0.330 e. The van der Waals surface area contributed by atoms with Gasteiger partial charge in [0.1, 0.15) is 0 Å². The molecule has 1 unspecified atom stereocenters. The molecule has 0 aromatic heterocycles. The second kappa shape index (κ2) is 6.01. The quantitative estimate of drug-likeness (QED) is 0.893. The maximum absolute atomic E-state index is 11.8. The Balaban J connectivity index is 2.80.